The van der Waals surface area contributed by atoms with Crippen molar-refractivity contribution >= 4 is 72.0 Å². The lowest BCUT2D eigenvalue weighted by Crippen LogP contribution is -2.09. The molecule has 0 saturated carbocycles. The quantitative estimate of drug-likeness (QED) is 0.221. The molecule has 3 aromatic heterocycles. The normalized spacial score (nSPS) is 11.8. The third-order valence-corrected chi connectivity index (χ3v) is 7.88. The number of aromatic nitrogens is 1. The molecule has 0 radical (unpaired) electrons. The number of rotatable bonds is 4. The molecule has 9 rings (SSSR count). The molecule has 0 aliphatic heterocycles. The zero-order valence-corrected chi connectivity index (χ0v) is 22.3. The van der Waals surface area contributed by atoms with Gasteiger partial charge < -0.3 is 18.2 Å². The minimum Gasteiger partial charge on any atom is -0.456 e. The molecule has 198 valence electrons. The number of hydrogen-bond acceptors (Lipinski definition) is 5. The van der Waals surface area contributed by atoms with Gasteiger partial charge in [0, 0.05) is 56.3 Å². The van der Waals surface area contributed by atoms with Crippen LogP contribution in [-0.2, 0) is 0 Å². The topological polar surface area (TPSA) is 55.6 Å². The molecule has 0 bridgehead atoms. The van der Waals surface area contributed by atoms with Crippen LogP contribution in [-0.4, -0.2) is 4.98 Å². The summed E-state index contributed by atoms with van der Waals surface area (Å²) in [6.45, 7) is 0. The van der Waals surface area contributed by atoms with Crippen molar-refractivity contribution in [3.8, 4) is 11.5 Å². The van der Waals surface area contributed by atoms with Crippen LogP contribution < -0.4 is 4.90 Å². The zero-order valence-electron chi connectivity index (χ0n) is 22.3. The van der Waals surface area contributed by atoms with Crippen LogP contribution in [0, 0.1) is 0 Å². The van der Waals surface area contributed by atoms with Crippen molar-refractivity contribution in [1.29, 1.82) is 0 Å². The van der Waals surface area contributed by atoms with Crippen molar-refractivity contribution in [3.05, 3.63) is 133 Å². The van der Waals surface area contributed by atoms with Crippen LogP contribution in [0.25, 0.3) is 66.4 Å². The molecule has 0 aliphatic carbocycles. The summed E-state index contributed by atoms with van der Waals surface area (Å²) in [6.07, 6.45) is 0. The van der Waals surface area contributed by atoms with Crippen molar-refractivity contribution in [3.63, 3.8) is 0 Å². The Balaban J connectivity index is 1.22. The molecule has 0 fully saturated rings. The van der Waals surface area contributed by atoms with Gasteiger partial charge in [-0.25, -0.2) is 4.98 Å². The minimum absolute atomic E-state index is 0.597. The predicted molar refractivity (Wildman–Crippen MR) is 169 cm³/mol. The van der Waals surface area contributed by atoms with E-state index in [2.05, 4.69) is 71.6 Å². The predicted octanol–water partition coefficient (Wildman–Crippen LogP) is 10.8. The van der Waals surface area contributed by atoms with Crippen LogP contribution in [0.2, 0.25) is 0 Å². The number of furan rings is 2. The molecule has 0 amide bonds. The Morgan fingerprint density at radius 2 is 1.05 bits per heavy atom. The fraction of sp³-hybridized carbons (Fsp3) is 0. The van der Waals surface area contributed by atoms with Crippen LogP contribution >= 0.6 is 0 Å². The van der Waals surface area contributed by atoms with Crippen molar-refractivity contribution in [2.24, 2.45) is 0 Å². The van der Waals surface area contributed by atoms with Gasteiger partial charge >= 0.3 is 0 Å². The molecule has 0 N–H and O–H groups in total. The van der Waals surface area contributed by atoms with Gasteiger partial charge in [0.15, 0.2) is 5.58 Å². The van der Waals surface area contributed by atoms with Crippen molar-refractivity contribution < 1.29 is 13.3 Å². The number of fused-ring (bicyclic) bond motifs is 7. The molecule has 42 heavy (non-hydrogen) atoms. The summed E-state index contributed by atoms with van der Waals surface area (Å²) in [5.41, 5.74) is 8.82. The maximum absolute atomic E-state index is 6.29. The summed E-state index contributed by atoms with van der Waals surface area (Å²) < 4.78 is 18.6. The molecule has 3 heterocycles. The highest BCUT2D eigenvalue weighted by molar-refractivity contribution is 6.10. The van der Waals surface area contributed by atoms with Gasteiger partial charge in [0.25, 0.3) is 0 Å². The highest BCUT2D eigenvalue weighted by atomic mass is 16.4. The Bertz CT molecular complexity index is 2420. The lowest BCUT2D eigenvalue weighted by molar-refractivity contribution is 0.617. The lowest BCUT2D eigenvalue weighted by Gasteiger charge is -2.25. The SMILES string of the molecule is c1ccc(-c2nc3cc4c(cc3o2)oc2ccc(N(c3ccccc3)c3ccc5c(c3)oc3ccccc35)cc24)cc1. The van der Waals surface area contributed by atoms with E-state index in [9.17, 15) is 0 Å². The molecule has 5 nitrogen and oxygen atoms in total. The van der Waals surface area contributed by atoms with E-state index in [4.69, 9.17) is 18.2 Å². The second kappa shape index (κ2) is 8.85. The number of anilines is 3. The van der Waals surface area contributed by atoms with Crippen LogP contribution in [0.4, 0.5) is 17.1 Å². The number of benzene rings is 6. The average molecular weight is 543 g/mol. The van der Waals surface area contributed by atoms with E-state index in [0.717, 1.165) is 72.0 Å². The fourth-order valence-corrected chi connectivity index (χ4v) is 5.91. The Hall–Kier alpha value is -5.81. The van der Waals surface area contributed by atoms with Gasteiger partial charge in [-0.05, 0) is 66.7 Å². The molecule has 0 aliphatic rings. The summed E-state index contributed by atoms with van der Waals surface area (Å²) in [6, 6.07) is 45.2. The van der Waals surface area contributed by atoms with Crippen LogP contribution in [0.5, 0.6) is 0 Å². The second-order valence-corrected chi connectivity index (χ2v) is 10.4. The van der Waals surface area contributed by atoms with E-state index in [1.54, 1.807) is 0 Å². The Labute approximate surface area is 239 Å². The molecular weight excluding hydrogens is 520 g/mol. The summed E-state index contributed by atoms with van der Waals surface area (Å²) >= 11 is 0. The zero-order chi connectivity index (χ0) is 27.6. The van der Waals surface area contributed by atoms with Crippen LogP contribution in [0.1, 0.15) is 0 Å². The van der Waals surface area contributed by atoms with Gasteiger partial charge in [-0.2, -0.15) is 0 Å². The standard InChI is InChI=1S/C37H22N2O3/c1-3-9-23(10-4-1)37-38-31-21-30-29-19-25(16-18-33(29)41-35(30)22-36(31)42-37)39(24-11-5-2-6-12-24)26-15-17-28-27-13-7-8-14-32(27)40-34(28)20-26/h1-22H. The third-order valence-electron chi connectivity index (χ3n) is 7.88. The van der Waals surface area contributed by atoms with Gasteiger partial charge in [-0.1, -0.05) is 54.6 Å². The second-order valence-electron chi connectivity index (χ2n) is 10.4. The van der Waals surface area contributed by atoms with Gasteiger partial charge in [-0.15, -0.1) is 0 Å². The van der Waals surface area contributed by atoms with E-state index in [-0.39, 0.29) is 0 Å². The molecule has 0 spiro atoms. The molecular formula is C37H22N2O3. The highest BCUT2D eigenvalue weighted by Gasteiger charge is 2.18. The average Bonchev–Trinajstić information content (AvgIpc) is 3.73. The first kappa shape index (κ1) is 22.9. The molecule has 5 heteroatoms. The van der Waals surface area contributed by atoms with E-state index < -0.39 is 0 Å². The lowest BCUT2D eigenvalue weighted by atomic mass is 10.1. The number of nitrogens with zero attached hydrogens (tertiary/aromatic N) is 2. The number of para-hydroxylation sites is 2. The van der Waals surface area contributed by atoms with E-state index in [1.165, 1.54) is 0 Å². The first-order valence-electron chi connectivity index (χ1n) is 13.9. The number of hydrogen-bond donors (Lipinski definition) is 0. The van der Waals surface area contributed by atoms with Gasteiger partial charge in [0.2, 0.25) is 5.89 Å². The minimum atomic E-state index is 0.597. The summed E-state index contributed by atoms with van der Waals surface area (Å²) in [4.78, 5) is 7.03. The maximum Gasteiger partial charge on any atom is 0.227 e. The maximum atomic E-state index is 6.29. The third kappa shape index (κ3) is 3.54. The first-order chi connectivity index (χ1) is 20.8. The van der Waals surface area contributed by atoms with Crippen molar-refractivity contribution in [1.82, 2.24) is 4.98 Å². The summed E-state index contributed by atoms with van der Waals surface area (Å²) in [5.74, 6) is 0.597. The molecule has 0 saturated heterocycles. The molecule has 6 aromatic carbocycles. The largest absolute Gasteiger partial charge is 0.456 e. The first-order valence-corrected chi connectivity index (χ1v) is 13.9. The van der Waals surface area contributed by atoms with Crippen molar-refractivity contribution in [2.45, 2.75) is 0 Å². The number of oxazole rings is 1. The molecule has 0 unspecified atom stereocenters. The Morgan fingerprint density at radius 3 is 1.90 bits per heavy atom. The van der Waals surface area contributed by atoms with Gasteiger partial charge in [0.1, 0.15) is 27.8 Å². The van der Waals surface area contributed by atoms with E-state index in [1.807, 2.05) is 66.7 Å². The van der Waals surface area contributed by atoms with E-state index in [0.29, 0.717) is 11.5 Å². The Kier molecular flexibility index (Phi) is 4.83. The van der Waals surface area contributed by atoms with Crippen molar-refractivity contribution in [2.75, 3.05) is 4.90 Å². The summed E-state index contributed by atoms with van der Waals surface area (Å²) in [7, 11) is 0. The molecule has 9 aromatic rings. The van der Waals surface area contributed by atoms with E-state index >= 15 is 0 Å². The van der Waals surface area contributed by atoms with Gasteiger partial charge in [0.05, 0.1) is 0 Å². The highest BCUT2D eigenvalue weighted by Crippen LogP contribution is 2.41. The van der Waals surface area contributed by atoms with Gasteiger partial charge in [-0.3, -0.25) is 0 Å². The fourth-order valence-electron chi connectivity index (χ4n) is 5.91. The van der Waals surface area contributed by atoms with Crippen LogP contribution in [0.3, 0.4) is 0 Å². The monoisotopic (exact) mass is 542 g/mol. The molecule has 0 atom stereocenters. The smallest absolute Gasteiger partial charge is 0.227 e. The van der Waals surface area contributed by atoms with Crippen LogP contribution in [0.15, 0.2) is 147 Å². The Morgan fingerprint density at radius 1 is 0.405 bits per heavy atom. The summed E-state index contributed by atoms with van der Waals surface area (Å²) in [5, 5.41) is 4.23.